The van der Waals surface area contributed by atoms with Crippen LogP contribution in [-0.4, -0.2) is 50.3 Å². The molecular weight excluding hydrogens is 270 g/mol. The van der Waals surface area contributed by atoms with Crippen LogP contribution in [0, 0.1) is 0 Å². The molecule has 8 nitrogen and oxygen atoms in total. The Morgan fingerprint density at radius 2 is 2.00 bits per heavy atom. The summed E-state index contributed by atoms with van der Waals surface area (Å²) in [4.78, 5) is 17.2. The van der Waals surface area contributed by atoms with E-state index in [2.05, 4.69) is 30.6 Å². The lowest BCUT2D eigenvalue weighted by Crippen LogP contribution is -2.36. The van der Waals surface area contributed by atoms with Gasteiger partial charge in [0, 0.05) is 26.0 Å². The zero-order chi connectivity index (χ0) is 15.3. The van der Waals surface area contributed by atoms with Crippen LogP contribution in [0.5, 0.6) is 0 Å². The van der Waals surface area contributed by atoms with Crippen LogP contribution >= 0.6 is 0 Å². The number of imidazole rings is 1. The quantitative estimate of drug-likeness (QED) is 0.795. The van der Waals surface area contributed by atoms with E-state index < -0.39 is 0 Å². The molecule has 0 atom stereocenters. The van der Waals surface area contributed by atoms with Gasteiger partial charge < -0.3 is 15.4 Å². The summed E-state index contributed by atoms with van der Waals surface area (Å²) in [5.74, 6) is 1.52. The number of aromatic nitrogens is 5. The molecule has 0 aliphatic rings. The predicted octanol–water partition coefficient (Wildman–Crippen LogP) is 1.33. The maximum atomic E-state index is 5.19. The molecule has 0 aromatic carbocycles. The third-order valence-electron chi connectivity index (χ3n) is 2.65. The second-order valence-corrected chi connectivity index (χ2v) is 5.22. The van der Waals surface area contributed by atoms with Crippen LogP contribution in [0.1, 0.15) is 20.8 Å². The van der Waals surface area contributed by atoms with E-state index >= 15 is 0 Å². The van der Waals surface area contributed by atoms with Crippen LogP contribution in [0.4, 0.5) is 11.9 Å². The van der Waals surface area contributed by atoms with Crippen molar-refractivity contribution in [2.75, 3.05) is 30.9 Å². The molecule has 21 heavy (non-hydrogen) atoms. The van der Waals surface area contributed by atoms with Crippen LogP contribution in [0.15, 0.2) is 18.7 Å². The van der Waals surface area contributed by atoms with E-state index in [1.807, 2.05) is 20.8 Å². The highest BCUT2D eigenvalue weighted by Gasteiger charge is 2.19. The summed E-state index contributed by atoms with van der Waals surface area (Å²) >= 11 is 0. The molecule has 0 saturated carbocycles. The van der Waals surface area contributed by atoms with Gasteiger partial charge in [0.05, 0.1) is 12.1 Å². The summed E-state index contributed by atoms with van der Waals surface area (Å²) in [5, 5.41) is 6.36. The first-order chi connectivity index (χ1) is 10.0. The molecule has 114 valence electrons. The summed E-state index contributed by atoms with van der Waals surface area (Å²) in [5.41, 5.74) is -0.286. The number of methoxy groups -OCH3 is 1. The van der Waals surface area contributed by atoms with Gasteiger partial charge in [0.15, 0.2) is 0 Å². The maximum absolute atomic E-state index is 5.19. The zero-order valence-corrected chi connectivity index (χ0v) is 12.8. The molecule has 0 bridgehead atoms. The van der Waals surface area contributed by atoms with Crippen LogP contribution in [0.2, 0.25) is 0 Å². The second-order valence-electron chi connectivity index (χ2n) is 5.22. The Morgan fingerprint density at radius 1 is 1.24 bits per heavy atom. The molecule has 0 aliphatic heterocycles. The third kappa shape index (κ3) is 4.12. The Morgan fingerprint density at radius 3 is 2.62 bits per heavy atom. The molecule has 0 unspecified atom stereocenters. The van der Waals surface area contributed by atoms with Crippen LogP contribution in [0.3, 0.4) is 0 Å². The molecule has 0 aliphatic carbocycles. The lowest BCUT2D eigenvalue weighted by atomic mass is 10.1. The summed E-state index contributed by atoms with van der Waals surface area (Å²) in [6, 6.07) is 0. The molecule has 0 fully saturated rings. The molecule has 0 spiro atoms. The van der Waals surface area contributed by atoms with E-state index in [1.165, 1.54) is 0 Å². The molecule has 0 radical (unpaired) electrons. The van der Waals surface area contributed by atoms with E-state index in [0.717, 1.165) is 6.54 Å². The number of anilines is 2. The third-order valence-corrected chi connectivity index (χ3v) is 2.65. The van der Waals surface area contributed by atoms with Crippen molar-refractivity contribution in [3.8, 4) is 5.95 Å². The Balaban J connectivity index is 2.32. The van der Waals surface area contributed by atoms with Crippen molar-refractivity contribution in [1.82, 2.24) is 24.5 Å². The topological polar surface area (TPSA) is 89.8 Å². The highest BCUT2D eigenvalue weighted by atomic mass is 16.5. The highest BCUT2D eigenvalue weighted by molar-refractivity contribution is 5.39. The van der Waals surface area contributed by atoms with E-state index in [1.54, 1.807) is 30.4 Å². The first-order valence-corrected chi connectivity index (χ1v) is 6.79. The summed E-state index contributed by atoms with van der Waals surface area (Å²) in [6.07, 6.45) is 5.11. The number of hydrogen-bond donors (Lipinski definition) is 2. The standard InChI is InChI=1S/C13H21N7O/c1-5-15-10-16-11(19-13(2,3)8-21-4)18-12(17-10)20-7-6-14-9-20/h6-7,9H,5,8H2,1-4H3,(H2,15,16,17,18,19). The molecule has 0 saturated heterocycles. The van der Waals surface area contributed by atoms with Crippen LogP contribution < -0.4 is 10.6 Å². The van der Waals surface area contributed by atoms with Crippen molar-refractivity contribution < 1.29 is 4.74 Å². The van der Waals surface area contributed by atoms with Crippen LogP contribution in [0.25, 0.3) is 5.95 Å². The van der Waals surface area contributed by atoms with Gasteiger partial charge in [0.25, 0.3) is 0 Å². The predicted molar refractivity (Wildman–Crippen MR) is 80.7 cm³/mol. The number of ether oxygens (including phenoxy) is 1. The fraction of sp³-hybridized carbons (Fsp3) is 0.538. The fourth-order valence-corrected chi connectivity index (χ4v) is 1.85. The van der Waals surface area contributed by atoms with E-state index in [9.17, 15) is 0 Å². The normalized spacial score (nSPS) is 11.4. The van der Waals surface area contributed by atoms with Gasteiger partial charge in [-0.15, -0.1) is 0 Å². The molecule has 8 heteroatoms. The van der Waals surface area contributed by atoms with Crippen LogP contribution in [-0.2, 0) is 4.74 Å². The molecule has 2 heterocycles. The monoisotopic (exact) mass is 291 g/mol. The Hall–Kier alpha value is -2.22. The second kappa shape index (κ2) is 6.49. The lowest BCUT2D eigenvalue weighted by Gasteiger charge is -2.25. The van der Waals surface area contributed by atoms with Gasteiger partial charge in [0.1, 0.15) is 6.33 Å². The minimum absolute atomic E-state index is 0.286. The Bertz CT molecular complexity index is 568. The maximum Gasteiger partial charge on any atom is 0.241 e. The highest BCUT2D eigenvalue weighted by Crippen LogP contribution is 2.14. The Labute approximate surface area is 124 Å². The van der Waals surface area contributed by atoms with Crippen molar-refractivity contribution >= 4 is 11.9 Å². The number of nitrogens with one attached hydrogen (secondary N) is 2. The zero-order valence-electron chi connectivity index (χ0n) is 12.8. The van der Waals surface area contributed by atoms with E-state index in [0.29, 0.717) is 24.5 Å². The summed E-state index contributed by atoms with van der Waals surface area (Å²) in [7, 11) is 1.66. The summed E-state index contributed by atoms with van der Waals surface area (Å²) in [6.45, 7) is 7.29. The first kappa shape index (κ1) is 15.2. The van der Waals surface area contributed by atoms with Gasteiger partial charge >= 0.3 is 0 Å². The minimum atomic E-state index is -0.286. The number of rotatable bonds is 7. The molecule has 2 rings (SSSR count). The van der Waals surface area contributed by atoms with Gasteiger partial charge in [-0.1, -0.05) is 0 Å². The summed E-state index contributed by atoms with van der Waals surface area (Å²) < 4.78 is 6.93. The van der Waals surface area contributed by atoms with Crippen molar-refractivity contribution in [3.63, 3.8) is 0 Å². The molecular formula is C13H21N7O. The molecule has 2 N–H and O–H groups in total. The van der Waals surface area contributed by atoms with E-state index in [4.69, 9.17) is 4.74 Å². The van der Waals surface area contributed by atoms with Gasteiger partial charge in [-0.25, -0.2) is 4.98 Å². The van der Waals surface area contributed by atoms with Crippen molar-refractivity contribution in [2.24, 2.45) is 0 Å². The van der Waals surface area contributed by atoms with Gasteiger partial charge in [-0.3, -0.25) is 4.57 Å². The van der Waals surface area contributed by atoms with Crippen molar-refractivity contribution in [3.05, 3.63) is 18.7 Å². The minimum Gasteiger partial charge on any atom is -0.382 e. The van der Waals surface area contributed by atoms with E-state index in [-0.39, 0.29) is 5.54 Å². The molecule has 2 aromatic rings. The lowest BCUT2D eigenvalue weighted by molar-refractivity contribution is 0.158. The Kier molecular flexibility index (Phi) is 4.69. The first-order valence-electron chi connectivity index (χ1n) is 6.79. The average molecular weight is 291 g/mol. The number of hydrogen-bond acceptors (Lipinski definition) is 7. The number of nitrogens with zero attached hydrogens (tertiary/aromatic N) is 5. The van der Waals surface area contributed by atoms with Crippen molar-refractivity contribution in [2.45, 2.75) is 26.3 Å². The smallest absolute Gasteiger partial charge is 0.241 e. The average Bonchev–Trinajstić information content (AvgIpc) is 2.91. The molecule has 2 aromatic heterocycles. The largest absolute Gasteiger partial charge is 0.382 e. The van der Waals surface area contributed by atoms with Gasteiger partial charge in [0.2, 0.25) is 17.8 Å². The fourth-order valence-electron chi connectivity index (χ4n) is 1.85. The van der Waals surface area contributed by atoms with Gasteiger partial charge in [-0.2, -0.15) is 15.0 Å². The molecule has 0 amide bonds. The van der Waals surface area contributed by atoms with Gasteiger partial charge in [-0.05, 0) is 20.8 Å². The van der Waals surface area contributed by atoms with Crippen molar-refractivity contribution in [1.29, 1.82) is 0 Å². The SMILES string of the molecule is CCNc1nc(NC(C)(C)COC)nc(-n2ccnc2)n1.